The summed E-state index contributed by atoms with van der Waals surface area (Å²) in [6, 6.07) is 0.745. The second-order valence-electron chi connectivity index (χ2n) is 3.25. The summed E-state index contributed by atoms with van der Waals surface area (Å²) in [5.74, 6) is 0. The molecule has 0 aliphatic carbocycles. The van der Waals surface area contributed by atoms with Crippen molar-refractivity contribution >= 4 is 11.9 Å². The van der Waals surface area contributed by atoms with Crippen LogP contribution in [-0.2, 0) is 0 Å². The van der Waals surface area contributed by atoms with Gasteiger partial charge in [-0.1, -0.05) is 25.8 Å². The summed E-state index contributed by atoms with van der Waals surface area (Å²) in [6.07, 6.45) is 6.09. The molecule has 0 bridgehead atoms. The van der Waals surface area contributed by atoms with Gasteiger partial charge in [0.1, 0.15) is 0 Å². The fourth-order valence-corrected chi connectivity index (χ4v) is 2.09. The highest BCUT2D eigenvalue weighted by Gasteiger charge is 2.12. The van der Waals surface area contributed by atoms with Crippen molar-refractivity contribution in [1.82, 2.24) is 9.62 Å². The number of nitrogens with zero attached hydrogens (tertiary/aromatic N) is 1. The van der Waals surface area contributed by atoms with E-state index in [2.05, 4.69) is 22.9 Å². The highest BCUT2D eigenvalue weighted by Crippen LogP contribution is 2.10. The summed E-state index contributed by atoms with van der Waals surface area (Å²) in [5.41, 5.74) is 0. The molecule has 1 rings (SSSR count). The van der Waals surface area contributed by atoms with E-state index in [1.54, 1.807) is 11.9 Å². The summed E-state index contributed by atoms with van der Waals surface area (Å²) in [6.45, 7) is 6.52. The first kappa shape index (κ1) is 13.3. The van der Waals surface area contributed by atoms with Crippen molar-refractivity contribution in [3.05, 3.63) is 0 Å². The summed E-state index contributed by atoms with van der Waals surface area (Å²) in [4.78, 5) is 2.42. The Kier molecular flexibility index (Phi) is 9.03. The Labute approximate surface area is 87.6 Å². The molecule has 1 heterocycles. The molecule has 1 N–H and O–H groups in total. The Morgan fingerprint density at radius 3 is 2.54 bits per heavy atom. The van der Waals surface area contributed by atoms with Gasteiger partial charge >= 0.3 is 0 Å². The van der Waals surface area contributed by atoms with Crippen LogP contribution in [0.25, 0.3) is 0 Å². The lowest BCUT2D eigenvalue weighted by Crippen LogP contribution is -2.24. The van der Waals surface area contributed by atoms with Gasteiger partial charge in [0.2, 0.25) is 0 Å². The highest BCUT2D eigenvalue weighted by atomic mass is 32.2. The van der Waals surface area contributed by atoms with Crippen molar-refractivity contribution in [2.24, 2.45) is 0 Å². The normalized spacial score (nSPS) is 24.5. The minimum atomic E-state index is 0.745. The SMILES string of the molecule is CC.CSNC1CCCN(C)CC1. The van der Waals surface area contributed by atoms with Gasteiger partial charge in [0.15, 0.2) is 0 Å². The molecule has 13 heavy (non-hydrogen) atoms. The predicted molar refractivity (Wildman–Crippen MR) is 63.1 cm³/mol. The average molecular weight is 204 g/mol. The van der Waals surface area contributed by atoms with Gasteiger partial charge in [-0.25, -0.2) is 0 Å². The first-order valence-electron chi connectivity index (χ1n) is 5.30. The molecular formula is C10H24N2S. The molecule has 0 aromatic rings. The average Bonchev–Trinajstić information content (AvgIpc) is 2.36. The van der Waals surface area contributed by atoms with Crippen molar-refractivity contribution in [3.8, 4) is 0 Å². The van der Waals surface area contributed by atoms with E-state index in [0.29, 0.717) is 0 Å². The molecule has 2 nitrogen and oxygen atoms in total. The van der Waals surface area contributed by atoms with E-state index in [9.17, 15) is 0 Å². The molecule has 0 aromatic carbocycles. The van der Waals surface area contributed by atoms with Crippen LogP contribution in [-0.4, -0.2) is 37.3 Å². The standard InChI is InChI=1S/C8H18N2S.C2H6/c1-10-6-3-4-8(5-7-10)9-11-2;1-2/h8-9H,3-7H2,1-2H3;1-2H3. The molecule has 0 saturated carbocycles. The van der Waals surface area contributed by atoms with Crippen molar-refractivity contribution in [3.63, 3.8) is 0 Å². The van der Waals surface area contributed by atoms with E-state index < -0.39 is 0 Å². The fraction of sp³-hybridized carbons (Fsp3) is 1.00. The summed E-state index contributed by atoms with van der Waals surface area (Å²) >= 11 is 1.75. The Morgan fingerprint density at radius 1 is 1.23 bits per heavy atom. The number of rotatable bonds is 2. The van der Waals surface area contributed by atoms with Gasteiger partial charge in [-0.2, -0.15) is 0 Å². The maximum absolute atomic E-state index is 3.44. The van der Waals surface area contributed by atoms with Crippen LogP contribution in [0.15, 0.2) is 0 Å². The van der Waals surface area contributed by atoms with E-state index in [1.807, 2.05) is 13.8 Å². The molecule has 0 aromatic heterocycles. The van der Waals surface area contributed by atoms with Crippen LogP contribution in [0, 0.1) is 0 Å². The predicted octanol–water partition coefficient (Wildman–Crippen LogP) is 2.36. The Balaban J connectivity index is 0.000000671. The smallest absolute Gasteiger partial charge is 0.0184 e. The van der Waals surface area contributed by atoms with Crippen LogP contribution >= 0.6 is 11.9 Å². The van der Waals surface area contributed by atoms with E-state index in [-0.39, 0.29) is 0 Å². The lowest BCUT2D eigenvalue weighted by atomic mass is 10.1. The van der Waals surface area contributed by atoms with Crippen LogP contribution in [0.5, 0.6) is 0 Å². The van der Waals surface area contributed by atoms with Gasteiger partial charge in [0.05, 0.1) is 0 Å². The number of nitrogens with one attached hydrogen (secondary N) is 1. The van der Waals surface area contributed by atoms with Crippen molar-refractivity contribution in [2.45, 2.75) is 39.2 Å². The third kappa shape index (κ3) is 6.36. The zero-order valence-electron chi connectivity index (χ0n) is 9.47. The molecule has 0 spiro atoms. The minimum Gasteiger partial charge on any atom is -0.306 e. The van der Waals surface area contributed by atoms with E-state index >= 15 is 0 Å². The zero-order valence-corrected chi connectivity index (χ0v) is 10.3. The first-order chi connectivity index (χ1) is 6.33. The molecule has 80 valence electrons. The van der Waals surface area contributed by atoms with Crippen LogP contribution in [0.1, 0.15) is 33.1 Å². The van der Waals surface area contributed by atoms with Gasteiger partial charge in [-0.05, 0) is 45.7 Å². The molecule has 1 aliphatic heterocycles. The van der Waals surface area contributed by atoms with Crippen LogP contribution < -0.4 is 4.72 Å². The quantitative estimate of drug-likeness (QED) is 0.695. The Bertz CT molecular complexity index is 109. The highest BCUT2D eigenvalue weighted by molar-refractivity contribution is 7.96. The summed E-state index contributed by atoms with van der Waals surface area (Å²) in [7, 11) is 2.21. The maximum atomic E-state index is 3.44. The zero-order chi connectivity index (χ0) is 10.1. The van der Waals surface area contributed by atoms with E-state index in [0.717, 1.165) is 6.04 Å². The van der Waals surface area contributed by atoms with Gasteiger partial charge in [-0.3, -0.25) is 4.72 Å². The number of hydrogen-bond acceptors (Lipinski definition) is 3. The summed E-state index contributed by atoms with van der Waals surface area (Å²) in [5, 5.41) is 0. The molecule has 0 radical (unpaired) electrons. The van der Waals surface area contributed by atoms with Crippen molar-refractivity contribution in [2.75, 3.05) is 26.4 Å². The molecule has 1 unspecified atom stereocenters. The van der Waals surface area contributed by atoms with Crippen LogP contribution in [0.4, 0.5) is 0 Å². The van der Waals surface area contributed by atoms with Crippen molar-refractivity contribution < 1.29 is 0 Å². The monoisotopic (exact) mass is 204 g/mol. The van der Waals surface area contributed by atoms with E-state index in [1.165, 1.54) is 32.4 Å². The van der Waals surface area contributed by atoms with Crippen molar-refractivity contribution in [1.29, 1.82) is 0 Å². The van der Waals surface area contributed by atoms with Crippen LogP contribution in [0.3, 0.4) is 0 Å². The molecule has 0 amide bonds. The fourth-order valence-electron chi connectivity index (χ4n) is 1.52. The lowest BCUT2D eigenvalue weighted by molar-refractivity contribution is 0.347. The molecule has 1 aliphatic rings. The lowest BCUT2D eigenvalue weighted by Gasteiger charge is -2.14. The molecule has 1 saturated heterocycles. The first-order valence-corrected chi connectivity index (χ1v) is 6.52. The number of hydrogen-bond donors (Lipinski definition) is 1. The summed E-state index contributed by atoms with van der Waals surface area (Å²) < 4.78 is 3.44. The third-order valence-corrected chi connectivity index (χ3v) is 2.81. The molecule has 3 heteroatoms. The Morgan fingerprint density at radius 2 is 1.92 bits per heavy atom. The van der Waals surface area contributed by atoms with E-state index in [4.69, 9.17) is 0 Å². The van der Waals surface area contributed by atoms with Gasteiger partial charge in [0, 0.05) is 6.04 Å². The van der Waals surface area contributed by atoms with Gasteiger partial charge in [0.25, 0.3) is 0 Å². The topological polar surface area (TPSA) is 15.3 Å². The maximum Gasteiger partial charge on any atom is 0.0184 e. The Hall–Kier alpha value is 0.270. The minimum absolute atomic E-state index is 0.745. The third-order valence-electron chi connectivity index (χ3n) is 2.24. The second-order valence-corrected chi connectivity index (χ2v) is 3.90. The van der Waals surface area contributed by atoms with Gasteiger partial charge in [-0.15, -0.1) is 0 Å². The molecular weight excluding hydrogens is 180 g/mol. The second kappa shape index (κ2) is 8.85. The molecule has 1 fully saturated rings. The number of likely N-dealkylation sites (tertiary alicyclic amines) is 1. The largest absolute Gasteiger partial charge is 0.306 e. The van der Waals surface area contributed by atoms with Crippen LogP contribution in [0.2, 0.25) is 0 Å². The van der Waals surface area contributed by atoms with Gasteiger partial charge < -0.3 is 4.90 Å². The molecule has 1 atom stereocenters.